The zero-order valence-corrected chi connectivity index (χ0v) is 19.8. The highest BCUT2D eigenvalue weighted by atomic mass is 16.5. The minimum absolute atomic E-state index is 0.0634. The smallest absolute Gasteiger partial charge is 0.304 e. The van der Waals surface area contributed by atoms with Crippen LogP contribution >= 0.6 is 0 Å². The number of rotatable bonds is 5. The molecular weight excluding hydrogens is 426 g/mol. The number of nitrogens with zero attached hydrogens (tertiary/aromatic N) is 5. The molecule has 1 aliphatic rings. The average Bonchev–Trinajstić information content (AvgIpc) is 3.16. The zero-order chi connectivity index (χ0) is 23.8. The number of benzene rings is 2. The van der Waals surface area contributed by atoms with Gasteiger partial charge >= 0.3 is 6.01 Å². The minimum Gasteiger partial charge on any atom is -0.425 e. The first-order valence-corrected chi connectivity index (χ1v) is 11.2. The van der Waals surface area contributed by atoms with E-state index in [1.165, 1.54) is 0 Å². The van der Waals surface area contributed by atoms with E-state index in [4.69, 9.17) is 9.72 Å². The van der Waals surface area contributed by atoms with Crippen LogP contribution in [0.1, 0.15) is 27.3 Å². The Bertz CT molecular complexity index is 1360. The van der Waals surface area contributed by atoms with E-state index in [9.17, 15) is 4.79 Å². The third-order valence-electron chi connectivity index (χ3n) is 5.97. The first-order chi connectivity index (χ1) is 16.4. The summed E-state index contributed by atoms with van der Waals surface area (Å²) in [5, 5.41) is 0. The summed E-state index contributed by atoms with van der Waals surface area (Å²) in [5.41, 5.74) is 5.94. The number of carbonyl (C=O) groups excluding carboxylic acids is 1. The van der Waals surface area contributed by atoms with Gasteiger partial charge in [0.2, 0.25) is 0 Å². The summed E-state index contributed by atoms with van der Waals surface area (Å²) in [7, 11) is 3.73. The molecule has 7 heteroatoms. The molecule has 4 aromatic rings. The molecule has 3 heterocycles. The van der Waals surface area contributed by atoms with Crippen molar-refractivity contribution in [2.24, 2.45) is 0 Å². The van der Waals surface area contributed by atoms with Crippen molar-refractivity contribution in [2.45, 2.75) is 20.4 Å². The molecule has 2 aromatic heterocycles. The Hall–Kier alpha value is -4.13. The second-order valence-corrected chi connectivity index (χ2v) is 8.80. The third-order valence-corrected chi connectivity index (χ3v) is 5.97. The molecule has 34 heavy (non-hydrogen) atoms. The van der Waals surface area contributed by atoms with Crippen molar-refractivity contribution >= 4 is 11.7 Å². The van der Waals surface area contributed by atoms with E-state index in [0.29, 0.717) is 36.5 Å². The molecule has 0 radical (unpaired) electrons. The van der Waals surface area contributed by atoms with E-state index in [1.54, 1.807) is 11.9 Å². The normalized spacial score (nSPS) is 13.2. The fourth-order valence-electron chi connectivity index (χ4n) is 4.29. The second-order valence-electron chi connectivity index (χ2n) is 8.80. The first kappa shape index (κ1) is 21.7. The van der Waals surface area contributed by atoms with Crippen LogP contribution in [0.3, 0.4) is 0 Å². The Morgan fingerprint density at radius 1 is 0.941 bits per heavy atom. The van der Waals surface area contributed by atoms with Crippen molar-refractivity contribution in [3.05, 3.63) is 89.4 Å². The Kier molecular flexibility index (Phi) is 5.53. The maximum absolute atomic E-state index is 13.1. The average molecular weight is 454 g/mol. The van der Waals surface area contributed by atoms with Gasteiger partial charge in [0.1, 0.15) is 5.75 Å². The number of hydrogen-bond donors (Lipinski definition) is 0. The molecule has 5 rings (SSSR count). The van der Waals surface area contributed by atoms with Crippen LogP contribution in [0.15, 0.2) is 66.9 Å². The number of aromatic nitrogens is 3. The highest BCUT2D eigenvalue weighted by Gasteiger charge is 2.33. The summed E-state index contributed by atoms with van der Waals surface area (Å²) >= 11 is 0. The van der Waals surface area contributed by atoms with E-state index in [2.05, 4.69) is 36.2 Å². The van der Waals surface area contributed by atoms with Crippen LogP contribution < -0.4 is 9.64 Å². The SMILES string of the molecule is Cc1cccc(Cn2c(Oc3ccc(-c4ccnc(C)c4)cc3)nc3c2C(=O)N(C)CN3C)c1. The molecule has 0 N–H and O–H groups in total. The number of carbonyl (C=O) groups is 1. The molecule has 2 aromatic carbocycles. The van der Waals surface area contributed by atoms with Gasteiger partial charge < -0.3 is 14.5 Å². The van der Waals surface area contributed by atoms with Crippen molar-refractivity contribution in [3.63, 3.8) is 0 Å². The molecular formula is C27H27N5O2. The van der Waals surface area contributed by atoms with Crippen LogP contribution in [0.25, 0.3) is 11.1 Å². The van der Waals surface area contributed by atoms with Crippen LogP contribution in [-0.4, -0.2) is 46.1 Å². The molecule has 0 spiro atoms. The van der Waals surface area contributed by atoms with E-state index in [0.717, 1.165) is 27.9 Å². The Morgan fingerprint density at radius 2 is 1.74 bits per heavy atom. The van der Waals surface area contributed by atoms with E-state index in [1.807, 2.05) is 66.0 Å². The molecule has 0 bridgehead atoms. The molecule has 0 saturated heterocycles. The number of pyridine rings is 1. The fraction of sp³-hybridized carbons (Fsp3) is 0.222. The van der Waals surface area contributed by atoms with Gasteiger partial charge in [-0.3, -0.25) is 14.3 Å². The molecule has 0 unspecified atom stereocenters. The quantitative estimate of drug-likeness (QED) is 0.431. The Balaban J connectivity index is 1.51. The maximum atomic E-state index is 13.1. The lowest BCUT2D eigenvalue weighted by Crippen LogP contribution is -2.43. The highest BCUT2D eigenvalue weighted by Crippen LogP contribution is 2.33. The van der Waals surface area contributed by atoms with Crippen LogP contribution in [-0.2, 0) is 6.54 Å². The topological polar surface area (TPSA) is 63.5 Å². The fourth-order valence-corrected chi connectivity index (χ4v) is 4.29. The van der Waals surface area contributed by atoms with E-state index < -0.39 is 0 Å². The predicted octanol–water partition coefficient (Wildman–Crippen LogP) is 4.88. The lowest BCUT2D eigenvalue weighted by Gasteiger charge is -2.30. The van der Waals surface area contributed by atoms with Crippen LogP contribution in [0.5, 0.6) is 11.8 Å². The largest absolute Gasteiger partial charge is 0.425 e. The van der Waals surface area contributed by atoms with Crippen LogP contribution in [0.4, 0.5) is 5.82 Å². The van der Waals surface area contributed by atoms with Gasteiger partial charge in [0.15, 0.2) is 11.5 Å². The number of ether oxygens (including phenoxy) is 1. The monoisotopic (exact) mass is 453 g/mol. The number of hydrogen-bond acceptors (Lipinski definition) is 5. The second kappa shape index (κ2) is 8.67. The van der Waals surface area contributed by atoms with Crippen LogP contribution in [0, 0.1) is 13.8 Å². The van der Waals surface area contributed by atoms with Crippen molar-refractivity contribution in [3.8, 4) is 22.9 Å². The molecule has 1 amide bonds. The van der Waals surface area contributed by atoms with Gasteiger partial charge in [-0.05, 0) is 54.8 Å². The molecule has 7 nitrogen and oxygen atoms in total. The Morgan fingerprint density at radius 3 is 2.47 bits per heavy atom. The van der Waals surface area contributed by atoms with Gasteiger partial charge in [-0.2, -0.15) is 4.98 Å². The summed E-state index contributed by atoms with van der Waals surface area (Å²) in [5.74, 6) is 1.23. The summed E-state index contributed by atoms with van der Waals surface area (Å²) in [6.07, 6.45) is 1.81. The zero-order valence-electron chi connectivity index (χ0n) is 19.8. The van der Waals surface area contributed by atoms with Crippen molar-refractivity contribution in [1.82, 2.24) is 19.4 Å². The number of imidazole rings is 1. The van der Waals surface area contributed by atoms with Crippen molar-refractivity contribution in [2.75, 3.05) is 25.7 Å². The van der Waals surface area contributed by atoms with Crippen LogP contribution in [0.2, 0.25) is 0 Å². The summed E-state index contributed by atoms with van der Waals surface area (Å²) in [4.78, 5) is 25.8. The highest BCUT2D eigenvalue weighted by molar-refractivity contribution is 5.99. The number of fused-ring (bicyclic) bond motifs is 1. The number of aryl methyl sites for hydroxylation is 2. The van der Waals surface area contributed by atoms with Gasteiger partial charge in [0.05, 0.1) is 13.2 Å². The summed E-state index contributed by atoms with van der Waals surface area (Å²) in [6.45, 7) is 5.00. The van der Waals surface area contributed by atoms with Crippen molar-refractivity contribution < 1.29 is 9.53 Å². The lowest BCUT2D eigenvalue weighted by molar-refractivity contribution is 0.0773. The lowest BCUT2D eigenvalue weighted by atomic mass is 10.1. The molecule has 172 valence electrons. The molecule has 1 aliphatic heterocycles. The van der Waals surface area contributed by atoms with Crippen molar-refractivity contribution in [1.29, 1.82) is 0 Å². The third kappa shape index (κ3) is 4.12. The van der Waals surface area contributed by atoms with Gasteiger partial charge in [-0.15, -0.1) is 0 Å². The maximum Gasteiger partial charge on any atom is 0.304 e. The van der Waals surface area contributed by atoms with Gasteiger partial charge in [0, 0.05) is 26.0 Å². The standard InChI is InChI=1S/C27H27N5O2/c1-18-6-5-7-20(14-18)16-32-24-25(30(3)17-31(4)26(24)33)29-27(32)34-23-10-8-21(9-11-23)22-12-13-28-19(2)15-22/h5-15H,16-17H2,1-4H3. The Labute approximate surface area is 199 Å². The van der Waals surface area contributed by atoms with Gasteiger partial charge in [0.25, 0.3) is 5.91 Å². The minimum atomic E-state index is -0.0634. The molecule has 0 atom stereocenters. The van der Waals surface area contributed by atoms with Gasteiger partial charge in [-0.1, -0.05) is 42.0 Å². The number of anilines is 1. The van der Waals surface area contributed by atoms with E-state index >= 15 is 0 Å². The van der Waals surface area contributed by atoms with E-state index in [-0.39, 0.29) is 5.91 Å². The van der Waals surface area contributed by atoms with Gasteiger partial charge in [-0.25, -0.2) is 0 Å². The number of amides is 1. The molecule has 0 aliphatic carbocycles. The predicted molar refractivity (Wildman–Crippen MR) is 132 cm³/mol. The molecule has 0 saturated carbocycles. The molecule has 0 fully saturated rings. The summed E-state index contributed by atoms with van der Waals surface area (Å²) < 4.78 is 8.13. The summed E-state index contributed by atoms with van der Waals surface area (Å²) in [6, 6.07) is 20.6. The first-order valence-electron chi connectivity index (χ1n) is 11.2.